The molecule has 1 saturated carbocycles. The molecule has 7 nitrogen and oxygen atoms in total. The van der Waals surface area contributed by atoms with E-state index in [-0.39, 0.29) is 17.7 Å². The van der Waals surface area contributed by atoms with Crippen molar-refractivity contribution in [1.82, 2.24) is 20.2 Å². The van der Waals surface area contributed by atoms with Crippen molar-refractivity contribution >= 4 is 40.4 Å². The van der Waals surface area contributed by atoms with E-state index in [4.69, 9.17) is 0 Å². The van der Waals surface area contributed by atoms with Crippen LogP contribution in [0.5, 0.6) is 0 Å². The lowest BCUT2D eigenvalue weighted by Gasteiger charge is -2.10. The van der Waals surface area contributed by atoms with E-state index >= 15 is 0 Å². The molecule has 2 heterocycles. The molecule has 0 bridgehead atoms. The van der Waals surface area contributed by atoms with E-state index in [1.54, 1.807) is 36.0 Å². The molecule has 3 aromatic rings. The fraction of sp³-hybridized carbons (Fsp3) is 0.238. The number of fused-ring (bicyclic) bond motifs is 1. The average Bonchev–Trinajstić information content (AvgIpc) is 3.42. The maximum Gasteiger partial charge on any atom is 0.274 e. The third kappa shape index (κ3) is 4.48. The van der Waals surface area contributed by atoms with E-state index < -0.39 is 11.8 Å². The predicted octanol–water partition coefficient (Wildman–Crippen LogP) is 2.51. The van der Waals surface area contributed by atoms with Crippen LogP contribution in [-0.2, 0) is 11.8 Å². The zero-order valence-corrected chi connectivity index (χ0v) is 16.7. The molecular formula is C21H20N4O3S. The molecule has 0 aliphatic heterocycles. The Bertz CT molecular complexity index is 1100. The first kappa shape index (κ1) is 19.2. The molecule has 1 aliphatic carbocycles. The molecule has 2 N–H and O–H groups in total. The molecule has 0 spiro atoms. The summed E-state index contributed by atoms with van der Waals surface area (Å²) in [4.78, 5) is 41.5. The standard InChI is InChI=1S/C21H20N4O3S/c1-25-10-4-7-17(25)21(28)24-18(26)12-29-19-11-15(20(27)22-13-8-9-13)14-5-2-3-6-16(14)23-19/h2-7,10-11,13H,8-9,12H2,1H3,(H,22,27)(H,24,26,28). The number of benzene rings is 1. The minimum atomic E-state index is -0.445. The fourth-order valence-electron chi connectivity index (χ4n) is 2.97. The highest BCUT2D eigenvalue weighted by Gasteiger charge is 2.25. The topological polar surface area (TPSA) is 93.1 Å². The number of aryl methyl sites for hydroxylation is 1. The van der Waals surface area contributed by atoms with Gasteiger partial charge in [0.15, 0.2) is 0 Å². The molecule has 0 saturated heterocycles. The molecule has 0 radical (unpaired) electrons. The fourth-order valence-corrected chi connectivity index (χ4v) is 3.68. The van der Waals surface area contributed by atoms with Crippen LogP contribution >= 0.6 is 11.8 Å². The van der Waals surface area contributed by atoms with Crippen LogP contribution < -0.4 is 10.6 Å². The van der Waals surface area contributed by atoms with Gasteiger partial charge in [0.05, 0.1) is 21.9 Å². The second-order valence-corrected chi connectivity index (χ2v) is 7.94. The lowest BCUT2D eigenvalue weighted by atomic mass is 10.1. The van der Waals surface area contributed by atoms with Crippen molar-refractivity contribution in [3.8, 4) is 0 Å². The second-order valence-electron chi connectivity index (χ2n) is 6.94. The Morgan fingerprint density at radius 1 is 1.14 bits per heavy atom. The average molecular weight is 408 g/mol. The van der Waals surface area contributed by atoms with Crippen molar-refractivity contribution < 1.29 is 14.4 Å². The van der Waals surface area contributed by atoms with Crippen molar-refractivity contribution in [2.75, 3.05) is 5.75 Å². The van der Waals surface area contributed by atoms with Crippen LogP contribution in [0.2, 0.25) is 0 Å². The van der Waals surface area contributed by atoms with Gasteiger partial charge in [-0.05, 0) is 37.1 Å². The number of aromatic nitrogens is 2. The number of carbonyl (C=O) groups excluding carboxylic acids is 3. The minimum Gasteiger partial charge on any atom is -0.349 e. The van der Waals surface area contributed by atoms with Crippen molar-refractivity contribution in [3.63, 3.8) is 0 Å². The molecule has 8 heteroatoms. The Morgan fingerprint density at radius 2 is 1.93 bits per heavy atom. The normalized spacial score (nSPS) is 13.3. The highest BCUT2D eigenvalue weighted by atomic mass is 32.2. The van der Waals surface area contributed by atoms with Crippen LogP contribution in [0, 0.1) is 0 Å². The number of carbonyl (C=O) groups is 3. The highest BCUT2D eigenvalue weighted by molar-refractivity contribution is 7.99. The number of hydrogen-bond donors (Lipinski definition) is 2. The van der Waals surface area contributed by atoms with Crippen LogP contribution in [0.3, 0.4) is 0 Å². The van der Waals surface area contributed by atoms with Gasteiger partial charge < -0.3 is 9.88 Å². The van der Waals surface area contributed by atoms with Crippen molar-refractivity contribution in [3.05, 3.63) is 59.9 Å². The molecule has 3 amide bonds. The van der Waals surface area contributed by atoms with Crippen molar-refractivity contribution in [2.24, 2.45) is 7.05 Å². The Balaban J connectivity index is 1.47. The highest BCUT2D eigenvalue weighted by Crippen LogP contribution is 2.26. The molecule has 148 valence electrons. The first-order valence-electron chi connectivity index (χ1n) is 9.30. The number of rotatable bonds is 6. The smallest absolute Gasteiger partial charge is 0.274 e. The number of imide groups is 1. The van der Waals surface area contributed by atoms with E-state index in [0.717, 1.165) is 18.2 Å². The third-order valence-corrected chi connectivity index (χ3v) is 5.54. The van der Waals surface area contributed by atoms with Gasteiger partial charge in [-0.2, -0.15) is 0 Å². The number of para-hydroxylation sites is 1. The van der Waals surface area contributed by atoms with Gasteiger partial charge in [-0.1, -0.05) is 30.0 Å². The molecule has 4 rings (SSSR count). The molecule has 2 aromatic heterocycles. The van der Waals surface area contributed by atoms with Crippen molar-refractivity contribution in [1.29, 1.82) is 0 Å². The summed E-state index contributed by atoms with van der Waals surface area (Å²) in [6, 6.07) is 12.8. The van der Waals surface area contributed by atoms with Gasteiger partial charge >= 0.3 is 0 Å². The van der Waals surface area contributed by atoms with E-state index in [1.807, 2.05) is 24.3 Å². The summed E-state index contributed by atoms with van der Waals surface area (Å²) in [7, 11) is 1.74. The molecule has 29 heavy (non-hydrogen) atoms. The van der Waals surface area contributed by atoms with E-state index in [2.05, 4.69) is 15.6 Å². The van der Waals surface area contributed by atoms with Gasteiger partial charge in [0, 0.05) is 24.7 Å². The number of amides is 3. The van der Waals surface area contributed by atoms with E-state index in [1.165, 1.54) is 11.8 Å². The van der Waals surface area contributed by atoms with Crippen LogP contribution in [0.4, 0.5) is 0 Å². The van der Waals surface area contributed by atoms with Gasteiger partial charge in [-0.3, -0.25) is 19.7 Å². The monoisotopic (exact) mass is 408 g/mol. The first-order valence-corrected chi connectivity index (χ1v) is 10.3. The zero-order valence-electron chi connectivity index (χ0n) is 15.8. The number of pyridine rings is 1. The van der Waals surface area contributed by atoms with Crippen LogP contribution in [0.15, 0.2) is 53.7 Å². The van der Waals surface area contributed by atoms with Gasteiger partial charge in [0.2, 0.25) is 5.91 Å². The molecule has 1 aromatic carbocycles. The summed E-state index contributed by atoms with van der Waals surface area (Å²) in [5.41, 5.74) is 1.65. The SMILES string of the molecule is Cn1cccc1C(=O)NC(=O)CSc1cc(C(=O)NC2CC2)c2ccccc2n1. The van der Waals surface area contributed by atoms with Gasteiger partial charge in [0.1, 0.15) is 5.69 Å². The van der Waals surface area contributed by atoms with Crippen molar-refractivity contribution in [2.45, 2.75) is 23.9 Å². The number of nitrogens with one attached hydrogen (secondary N) is 2. The minimum absolute atomic E-state index is 0.0190. The second kappa shape index (κ2) is 8.08. The zero-order chi connectivity index (χ0) is 20.4. The van der Waals surface area contributed by atoms with E-state index in [0.29, 0.717) is 21.8 Å². The molecule has 0 atom stereocenters. The van der Waals surface area contributed by atoms with Crippen LogP contribution in [0.1, 0.15) is 33.7 Å². The van der Waals surface area contributed by atoms with Crippen LogP contribution in [0.25, 0.3) is 10.9 Å². The van der Waals surface area contributed by atoms with Gasteiger partial charge in [0.25, 0.3) is 11.8 Å². The summed E-state index contributed by atoms with van der Waals surface area (Å²) >= 11 is 1.19. The number of nitrogens with zero attached hydrogens (tertiary/aromatic N) is 2. The van der Waals surface area contributed by atoms with Gasteiger partial charge in [-0.25, -0.2) is 4.98 Å². The third-order valence-electron chi connectivity index (χ3n) is 4.63. The number of hydrogen-bond acceptors (Lipinski definition) is 5. The summed E-state index contributed by atoms with van der Waals surface area (Å²) in [5, 5.41) is 6.71. The quantitative estimate of drug-likeness (QED) is 0.612. The first-order chi connectivity index (χ1) is 14.0. The number of thioether (sulfide) groups is 1. The lowest BCUT2D eigenvalue weighted by molar-refractivity contribution is -0.117. The summed E-state index contributed by atoms with van der Waals surface area (Å²) in [6.07, 6.45) is 3.75. The predicted molar refractivity (Wildman–Crippen MR) is 111 cm³/mol. The lowest BCUT2D eigenvalue weighted by Crippen LogP contribution is -2.33. The summed E-state index contributed by atoms with van der Waals surface area (Å²) < 4.78 is 1.64. The molecular weight excluding hydrogens is 388 g/mol. The molecule has 0 unspecified atom stereocenters. The molecule has 1 fully saturated rings. The Labute approximate surface area is 171 Å². The Hall–Kier alpha value is -3.13. The largest absolute Gasteiger partial charge is 0.349 e. The Kier molecular flexibility index (Phi) is 5.35. The van der Waals surface area contributed by atoms with Gasteiger partial charge in [-0.15, -0.1) is 0 Å². The Morgan fingerprint density at radius 3 is 2.66 bits per heavy atom. The maximum atomic E-state index is 12.6. The molecule has 1 aliphatic rings. The summed E-state index contributed by atoms with van der Waals surface area (Å²) in [6.45, 7) is 0. The maximum absolute atomic E-state index is 12.6. The van der Waals surface area contributed by atoms with Crippen LogP contribution in [-0.4, -0.2) is 39.1 Å². The van der Waals surface area contributed by atoms with E-state index in [9.17, 15) is 14.4 Å². The summed E-state index contributed by atoms with van der Waals surface area (Å²) in [5.74, 6) is -0.971.